The van der Waals surface area contributed by atoms with Crippen molar-refractivity contribution in [3.63, 3.8) is 0 Å². The van der Waals surface area contributed by atoms with Gasteiger partial charge in [-0.15, -0.1) is 0 Å². The number of hydrogen-bond acceptors (Lipinski definition) is 10. The zero-order valence-corrected chi connectivity index (χ0v) is 38.3. The summed E-state index contributed by atoms with van der Waals surface area (Å²) in [6, 6.07) is 3.85. The summed E-state index contributed by atoms with van der Waals surface area (Å²) in [6.07, 6.45) is 20.6. The van der Waals surface area contributed by atoms with E-state index in [0.717, 1.165) is 102 Å². The summed E-state index contributed by atoms with van der Waals surface area (Å²) in [7, 11) is 1.60. The zero-order valence-electron chi connectivity index (χ0n) is 38.3. The lowest BCUT2D eigenvalue weighted by Gasteiger charge is -2.19. The lowest BCUT2D eigenvalue weighted by atomic mass is 10.0. The first-order chi connectivity index (χ1) is 29.9. The highest BCUT2D eigenvalue weighted by molar-refractivity contribution is 5.92. The van der Waals surface area contributed by atoms with Gasteiger partial charge in [0.2, 0.25) is 23.6 Å². The average molecular weight is 874 g/mol. The van der Waals surface area contributed by atoms with E-state index in [1.165, 1.54) is 31.9 Å². The Kier molecular flexibility index (Phi) is 34.0. The number of phenolic OH excluding ortho intramolecular Hbond substituents is 1. The number of rotatable bonds is 41. The number of carbonyl (C=O) groups excluding carboxylic acids is 6. The van der Waals surface area contributed by atoms with Crippen LogP contribution in [0.15, 0.2) is 24.3 Å². The molecule has 0 spiro atoms. The van der Waals surface area contributed by atoms with Crippen molar-refractivity contribution in [3.8, 4) is 5.75 Å². The number of nitrogens with one attached hydrogen (secondary N) is 6. The minimum atomic E-state index is -1.10. The number of ketones is 2. The molecule has 0 aliphatic carbocycles. The van der Waals surface area contributed by atoms with Gasteiger partial charge in [0, 0.05) is 39.6 Å². The molecule has 15 heteroatoms. The molecule has 0 saturated carbocycles. The van der Waals surface area contributed by atoms with Gasteiger partial charge in [-0.1, -0.05) is 89.2 Å². The second-order valence-corrected chi connectivity index (χ2v) is 16.4. The number of Topliss-reactive ketones (excluding diaryl/α,β-unsaturated/α-hetero) is 2. The van der Waals surface area contributed by atoms with Crippen LogP contribution in [0.4, 0.5) is 0 Å². The number of methoxy groups -OCH3 is 1. The van der Waals surface area contributed by atoms with Crippen molar-refractivity contribution in [2.75, 3.05) is 53.1 Å². The van der Waals surface area contributed by atoms with Crippen LogP contribution in [0.25, 0.3) is 0 Å². The number of carbonyl (C=O) groups is 6. The monoisotopic (exact) mass is 874 g/mol. The molecule has 0 unspecified atom stereocenters. The van der Waals surface area contributed by atoms with E-state index in [-0.39, 0.29) is 54.6 Å². The number of unbranched alkanes of at least 4 members (excludes halogenated alkanes) is 15. The third-order valence-corrected chi connectivity index (χ3v) is 10.8. The number of hydrogen-bond donors (Lipinski definition) is 6. The Balaban J connectivity index is 1.93. The Morgan fingerprint density at radius 1 is 0.645 bits per heavy atom. The number of amides is 4. The van der Waals surface area contributed by atoms with Crippen molar-refractivity contribution in [2.45, 2.75) is 173 Å². The van der Waals surface area contributed by atoms with Crippen molar-refractivity contribution >= 4 is 35.2 Å². The third-order valence-electron chi connectivity index (χ3n) is 10.8. The van der Waals surface area contributed by atoms with Crippen LogP contribution in [0.2, 0.25) is 0 Å². The Hall–Kier alpha value is -3.92. The minimum Gasteiger partial charge on any atom is -0.508 e. The molecule has 353 valence electrons. The molecule has 0 saturated heterocycles. The standard InChI is InChI=1S/C47H81N6O9/c1-37(53-47(60)41(48)34-39-25-27-40(55)28-26-39)43(56)35-52-42(38(2)54)22-18-21-31-50-45(58)24-17-13-8-4-6-10-14-19-29-49-44(57)23-16-12-9-5-7-11-15-20-30-51-46(59)36-62-33-32-61-3/h25-28,37,41-42,48,52,55H,4-24,29-36H2,1-3H3,(H,49,57)(H,50,58)(H,51,59)(H,53,60)/t37-,41+,42+/m1/s1. The Bertz CT molecular complexity index is 1380. The van der Waals surface area contributed by atoms with E-state index in [1.807, 2.05) is 0 Å². The minimum absolute atomic E-state index is 0.0386. The fraction of sp³-hybridized carbons (Fsp3) is 0.745. The smallest absolute Gasteiger partial charge is 0.245 e. The molecule has 1 aromatic rings. The van der Waals surface area contributed by atoms with E-state index in [0.29, 0.717) is 58.4 Å². The van der Waals surface area contributed by atoms with Crippen molar-refractivity contribution in [2.24, 2.45) is 0 Å². The van der Waals surface area contributed by atoms with Gasteiger partial charge in [0.05, 0.1) is 31.8 Å². The van der Waals surface area contributed by atoms with Gasteiger partial charge in [-0.3, -0.25) is 28.8 Å². The third kappa shape index (κ3) is 31.9. The van der Waals surface area contributed by atoms with Gasteiger partial charge in [-0.05, 0) is 82.9 Å². The van der Waals surface area contributed by atoms with Crippen LogP contribution in [0.1, 0.15) is 154 Å². The predicted molar refractivity (Wildman–Crippen MR) is 242 cm³/mol. The van der Waals surface area contributed by atoms with E-state index in [9.17, 15) is 33.9 Å². The molecule has 15 nitrogen and oxygen atoms in total. The van der Waals surface area contributed by atoms with Crippen LogP contribution in [-0.4, -0.2) is 112 Å². The van der Waals surface area contributed by atoms with Crippen LogP contribution < -0.4 is 32.3 Å². The largest absolute Gasteiger partial charge is 0.508 e. The SMILES string of the molecule is COCCOCC(=O)NCCCCCCCCCCC(=O)NCCCCCCCCCCC(=O)NCCCC[C@H](NCC(=O)[C@@H](C)NC(=O)[C@@H]([NH])Cc1ccc(O)cc1)C(C)=O. The first kappa shape index (κ1) is 56.1. The maximum atomic E-state index is 12.7. The zero-order chi connectivity index (χ0) is 45.6. The Labute approximate surface area is 371 Å². The van der Waals surface area contributed by atoms with Gasteiger partial charge in [-0.25, -0.2) is 5.73 Å². The highest BCUT2D eigenvalue weighted by Crippen LogP contribution is 2.13. The topological polar surface area (TPSA) is 225 Å². The molecule has 0 aliphatic heterocycles. The van der Waals surface area contributed by atoms with Crippen molar-refractivity contribution < 1.29 is 43.3 Å². The van der Waals surface area contributed by atoms with E-state index in [1.54, 1.807) is 26.2 Å². The molecule has 0 fully saturated rings. The quantitative estimate of drug-likeness (QED) is 0.0459. The predicted octanol–water partition coefficient (Wildman–Crippen LogP) is 5.41. The van der Waals surface area contributed by atoms with Crippen molar-refractivity contribution in [3.05, 3.63) is 29.8 Å². The maximum Gasteiger partial charge on any atom is 0.245 e. The molecular weight excluding hydrogens is 793 g/mol. The highest BCUT2D eigenvalue weighted by Gasteiger charge is 2.22. The number of aromatic hydroxyl groups is 1. The van der Waals surface area contributed by atoms with E-state index >= 15 is 0 Å². The van der Waals surface area contributed by atoms with Gasteiger partial charge < -0.3 is 41.2 Å². The van der Waals surface area contributed by atoms with E-state index < -0.39 is 24.0 Å². The summed E-state index contributed by atoms with van der Waals surface area (Å²) in [5, 5.41) is 23.9. The second kappa shape index (κ2) is 37.6. The summed E-state index contributed by atoms with van der Waals surface area (Å²) in [5.41, 5.74) is 8.85. The molecule has 0 bridgehead atoms. The highest BCUT2D eigenvalue weighted by atomic mass is 16.5. The maximum absolute atomic E-state index is 12.7. The number of phenols is 1. The molecule has 62 heavy (non-hydrogen) atoms. The molecule has 0 aliphatic rings. The van der Waals surface area contributed by atoms with Crippen molar-refractivity contribution in [1.29, 1.82) is 0 Å². The molecule has 1 rings (SSSR count). The summed E-state index contributed by atoms with van der Waals surface area (Å²) < 4.78 is 10.1. The van der Waals surface area contributed by atoms with Crippen LogP contribution in [-0.2, 0) is 44.7 Å². The molecule has 4 amide bonds. The number of ether oxygens (including phenoxy) is 2. The van der Waals surface area contributed by atoms with E-state index in [4.69, 9.17) is 15.2 Å². The first-order valence-electron chi connectivity index (χ1n) is 23.4. The van der Waals surface area contributed by atoms with E-state index in [2.05, 4.69) is 26.6 Å². The average Bonchev–Trinajstić information content (AvgIpc) is 3.24. The van der Waals surface area contributed by atoms with Crippen LogP contribution in [0.5, 0.6) is 5.75 Å². The molecule has 0 aromatic heterocycles. The summed E-state index contributed by atoms with van der Waals surface area (Å²) >= 11 is 0. The van der Waals surface area contributed by atoms with Crippen LogP contribution >= 0.6 is 0 Å². The van der Waals surface area contributed by atoms with Gasteiger partial charge >= 0.3 is 0 Å². The van der Waals surface area contributed by atoms with Crippen molar-refractivity contribution in [1.82, 2.24) is 32.3 Å². The molecule has 3 atom stereocenters. The molecular formula is C47H81N6O9. The van der Waals surface area contributed by atoms with Crippen LogP contribution in [0.3, 0.4) is 0 Å². The molecule has 0 heterocycles. The summed E-state index contributed by atoms with van der Waals surface area (Å²) in [4.78, 5) is 73.3. The second-order valence-electron chi connectivity index (χ2n) is 16.4. The fourth-order valence-electron chi connectivity index (χ4n) is 6.82. The summed E-state index contributed by atoms with van der Waals surface area (Å²) in [5.74, 6) is -0.726. The Morgan fingerprint density at radius 3 is 1.61 bits per heavy atom. The Morgan fingerprint density at radius 2 is 1.11 bits per heavy atom. The normalized spacial score (nSPS) is 12.6. The van der Waals surface area contributed by atoms with Gasteiger partial charge in [0.1, 0.15) is 24.2 Å². The lowest BCUT2D eigenvalue weighted by Crippen LogP contribution is -2.49. The summed E-state index contributed by atoms with van der Waals surface area (Å²) in [6.45, 7) is 5.90. The molecule has 1 radical (unpaired) electrons. The lowest BCUT2D eigenvalue weighted by molar-refractivity contribution is -0.128. The van der Waals surface area contributed by atoms with Crippen LogP contribution in [0, 0.1) is 0 Å². The number of benzene rings is 1. The first-order valence-corrected chi connectivity index (χ1v) is 23.4. The molecule has 7 N–H and O–H groups in total. The fourth-order valence-corrected chi connectivity index (χ4v) is 6.82. The van der Waals surface area contributed by atoms with Gasteiger partial charge in [-0.2, -0.15) is 0 Å². The van der Waals surface area contributed by atoms with Gasteiger partial charge in [0.15, 0.2) is 5.78 Å². The molecule has 1 aromatic carbocycles. The van der Waals surface area contributed by atoms with Gasteiger partial charge in [0.25, 0.3) is 0 Å².